The molecule has 5 heteroatoms. The topological polar surface area (TPSA) is 62.4 Å². The summed E-state index contributed by atoms with van der Waals surface area (Å²) in [6, 6.07) is 3.74. The Morgan fingerprint density at radius 3 is 2.87 bits per heavy atom. The average Bonchev–Trinajstić information content (AvgIpc) is 2.65. The van der Waals surface area contributed by atoms with Crippen LogP contribution in [-0.4, -0.2) is 34.3 Å². The zero-order chi connectivity index (χ0) is 10.8. The zero-order valence-electron chi connectivity index (χ0n) is 8.26. The molecule has 2 rings (SSSR count). The molecule has 0 bridgehead atoms. The Hall–Kier alpha value is -1.20. The standard InChI is InChI=1S/C10H13N3OS/c11-10(15)7-1-2-9(12-5-7)13-4-3-8(14)6-13/h1-2,5,8,14H,3-4,6H2,(H2,11,15). The minimum absolute atomic E-state index is 0.234. The first-order valence-electron chi connectivity index (χ1n) is 4.85. The van der Waals surface area contributed by atoms with E-state index in [9.17, 15) is 5.11 Å². The lowest BCUT2D eigenvalue weighted by atomic mass is 10.3. The van der Waals surface area contributed by atoms with Crippen LogP contribution in [0.1, 0.15) is 12.0 Å². The number of rotatable bonds is 2. The van der Waals surface area contributed by atoms with Crippen LogP contribution in [0, 0.1) is 0 Å². The van der Waals surface area contributed by atoms with E-state index in [0.29, 0.717) is 11.5 Å². The number of aromatic nitrogens is 1. The van der Waals surface area contributed by atoms with Gasteiger partial charge < -0.3 is 15.7 Å². The molecule has 4 nitrogen and oxygen atoms in total. The van der Waals surface area contributed by atoms with Crippen LogP contribution in [0.3, 0.4) is 0 Å². The predicted octanol–water partition coefficient (Wildman–Crippen LogP) is 0.287. The van der Waals surface area contributed by atoms with Crippen LogP contribution in [0.4, 0.5) is 5.82 Å². The number of nitrogens with zero attached hydrogens (tertiary/aromatic N) is 2. The second-order valence-corrected chi connectivity index (χ2v) is 4.10. The smallest absolute Gasteiger partial charge is 0.128 e. The van der Waals surface area contributed by atoms with Gasteiger partial charge in [0.25, 0.3) is 0 Å². The fourth-order valence-corrected chi connectivity index (χ4v) is 1.79. The molecule has 0 spiro atoms. The van der Waals surface area contributed by atoms with Crippen LogP contribution >= 0.6 is 12.2 Å². The maximum atomic E-state index is 9.39. The minimum Gasteiger partial charge on any atom is -0.391 e. The van der Waals surface area contributed by atoms with Crippen LogP contribution in [0.15, 0.2) is 18.3 Å². The molecule has 0 saturated carbocycles. The number of pyridine rings is 1. The first-order valence-corrected chi connectivity index (χ1v) is 5.26. The summed E-state index contributed by atoms with van der Waals surface area (Å²) in [5.41, 5.74) is 6.25. The predicted molar refractivity (Wildman–Crippen MR) is 63.0 cm³/mol. The lowest BCUT2D eigenvalue weighted by Gasteiger charge is -2.16. The molecule has 0 amide bonds. The molecule has 1 aromatic heterocycles. The van der Waals surface area contributed by atoms with Crippen LogP contribution in [-0.2, 0) is 0 Å². The van der Waals surface area contributed by atoms with Gasteiger partial charge in [0.05, 0.1) is 6.10 Å². The van der Waals surface area contributed by atoms with Gasteiger partial charge in [0.2, 0.25) is 0 Å². The first kappa shape index (κ1) is 10.3. The molecule has 1 aromatic rings. The highest BCUT2D eigenvalue weighted by atomic mass is 32.1. The highest BCUT2D eigenvalue weighted by molar-refractivity contribution is 7.80. The number of hydrogen-bond acceptors (Lipinski definition) is 4. The van der Waals surface area contributed by atoms with Gasteiger partial charge in [-0.2, -0.15) is 0 Å². The number of nitrogens with two attached hydrogens (primary N) is 1. The third-order valence-corrected chi connectivity index (χ3v) is 2.76. The van der Waals surface area contributed by atoms with Crippen molar-refractivity contribution in [2.24, 2.45) is 5.73 Å². The molecule has 1 atom stereocenters. The molecule has 1 unspecified atom stereocenters. The number of thiocarbonyl (C=S) groups is 1. The zero-order valence-corrected chi connectivity index (χ0v) is 9.07. The van der Waals surface area contributed by atoms with Gasteiger partial charge in [-0.15, -0.1) is 0 Å². The van der Waals surface area contributed by atoms with E-state index in [1.807, 2.05) is 17.0 Å². The van der Waals surface area contributed by atoms with E-state index in [0.717, 1.165) is 24.3 Å². The van der Waals surface area contributed by atoms with Crippen molar-refractivity contribution in [1.82, 2.24) is 4.98 Å². The molecule has 1 aliphatic heterocycles. The monoisotopic (exact) mass is 223 g/mol. The Morgan fingerprint density at radius 1 is 1.60 bits per heavy atom. The lowest BCUT2D eigenvalue weighted by Crippen LogP contribution is -2.22. The Kier molecular flexibility index (Phi) is 2.83. The molecule has 2 heterocycles. The van der Waals surface area contributed by atoms with Crippen molar-refractivity contribution in [2.45, 2.75) is 12.5 Å². The van der Waals surface area contributed by atoms with Crippen molar-refractivity contribution >= 4 is 23.0 Å². The summed E-state index contributed by atoms with van der Waals surface area (Å²) >= 11 is 4.84. The van der Waals surface area contributed by atoms with Crippen molar-refractivity contribution in [1.29, 1.82) is 0 Å². The van der Waals surface area contributed by atoms with E-state index in [1.165, 1.54) is 0 Å². The quantitative estimate of drug-likeness (QED) is 0.705. The third-order valence-electron chi connectivity index (χ3n) is 2.52. The second-order valence-electron chi connectivity index (χ2n) is 3.66. The Labute approximate surface area is 93.7 Å². The van der Waals surface area contributed by atoms with E-state index in [1.54, 1.807) is 6.20 Å². The maximum absolute atomic E-state index is 9.39. The van der Waals surface area contributed by atoms with Gasteiger partial charge in [0, 0.05) is 24.8 Å². The molecule has 0 aliphatic carbocycles. The van der Waals surface area contributed by atoms with Gasteiger partial charge in [0.15, 0.2) is 0 Å². The molecule has 15 heavy (non-hydrogen) atoms. The number of anilines is 1. The molecule has 80 valence electrons. The van der Waals surface area contributed by atoms with E-state index in [4.69, 9.17) is 18.0 Å². The largest absolute Gasteiger partial charge is 0.391 e. The number of β-amino-alcohol motifs (C(OH)–C–C–N with tert-alkyl or cyclic N) is 1. The first-order chi connectivity index (χ1) is 7.16. The summed E-state index contributed by atoms with van der Waals surface area (Å²) in [6.45, 7) is 1.50. The number of hydrogen-bond donors (Lipinski definition) is 2. The summed E-state index contributed by atoms with van der Waals surface area (Å²) in [5.74, 6) is 0.867. The number of aliphatic hydroxyl groups excluding tert-OH is 1. The van der Waals surface area contributed by atoms with Crippen molar-refractivity contribution in [3.05, 3.63) is 23.9 Å². The highest BCUT2D eigenvalue weighted by Crippen LogP contribution is 2.17. The Morgan fingerprint density at radius 2 is 2.40 bits per heavy atom. The minimum atomic E-state index is -0.234. The SMILES string of the molecule is NC(=S)c1ccc(N2CCC(O)C2)nc1. The molecule has 1 fully saturated rings. The molecule has 0 aromatic carbocycles. The molecule has 1 saturated heterocycles. The van der Waals surface area contributed by atoms with Crippen molar-refractivity contribution < 1.29 is 5.11 Å². The summed E-state index contributed by atoms with van der Waals surface area (Å²) in [4.78, 5) is 6.67. The summed E-state index contributed by atoms with van der Waals surface area (Å²) in [7, 11) is 0. The van der Waals surface area contributed by atoms with Crippen LogP contribution in [0.25, 0.3) is 0 Å². The Balaban J connectivity index is 2.13. The van der Waals surface area contributed by atoms with Gasteiger partial charge >= 0.3 is 0 Å². The van der Waals surface area contributed by atoms with Gasteiger partial charge in [-0.05, 0) is 18.6 Å². The van der Waals surface area contributed by atoms with Gasteiger partial charge in [0.1, 0.15) is 10.8 Å². The molecule has 0 radical (unpaired) electrons. The van der Waals surface area contributed by atoms with E-state index in [-0.39, 0.29) is 6.10 Å². The average molecular weight is 223 g/mol. The molecular formula is C10H13N3OS. The van der Waals surface area contributed by atoms with E-state index in [2.05, 4.69) is 4.98 Å². The Bertz CT molecular complexity index is 365. The van der Waals surface area contributed by atoms with Gasteiger partial charge in [-0.25, -0.2) is 4.98 Å². The lowest BCUT2D eigenvalue weighted by molar-refractivity contribution is 0.198. The summed E-state index contributed by atoms with van der Waals surface area (Å²) < 4.78 is 0. The van der Waals surface area contributed by atoms with Crippen molar-refractivity contribution in [3.8, 4) is 0 Å². The fraction of sp³-hybridized carbons (Fsp3) is 0.400. The van der Waals surface area contributed by atoms with Crippen LogP contribution in [0.5, 0.6) is 0 Å². The fourth-order valence-electron chi connectivity index (χ4n) is 1.67. The van der Waals surface area contributed by atoms with Gasteiger partial charge in [-0.1, -0.05) is 12.2 Å². The number of aliphatic hydroxyl groups is 1. The maximum Gasteiger partial charge on any atom is 0.128 e. The normalized spacial score (nSPS) is 20.6. The third kappa shape index (κ3) is 2.24. The van der Waals surface area contributed by atoms with Crippen LogP contribution in [0.2, 0.25) is 0 Å². The molecular weight excluding hydrogens is 210 g/mol. The van der Waals surface area contributed by atoms with E-state index >= 15 is 0 Å². The molecule has 3 N–H and O–H groups in total. The summed E-state index contributed by atoms with van der Waals surface area (Å²) in [5, 5.41) is 9.39. The van der Waals surface area contributed by atoms with E-state index < -0.39 is 0 Å². The van der Waals surface area contributed by atoms with Crippen LogP contribution < -0.4 is 10.6 Å². The molecule has 1 aliphatic rings. The second kappa shape index (κ2) is 4.12. The highest BCUT2D eigenvalue weighted by Gasteiger charge is 2.20. The van der Waals surface area contributed by atoms with Crippen molar-refractivity contribution in [2.75, 3.05) is 18.0 Å². The summed E-state index contributed by atoms with van der Waals surface area (Å²) in [6.07, 6.45) is 2.24. The van der Waals surface area contributed by atoms with Gasteiger partial charge in [-0.3, -0.25) is 0 Å². The van der Waals surface area contributed by atoms with Crippen molar-refractivity contribution in [3.63, 3.8) is 0 Å².